The number of ether oxygens (including phenoxy) is 1. The van der Waals surface area contributed by atoms with Crippen molar-refractivity contribution < 1.29 is 9.13 Å². The van der Waals surface area contributed by atoms with E-state index in [1.807, 2.05) is 42.6 Å². The molecule has 7 heteroatoms. The molecule has 1 N–H and O–H groups in total. The van der Waals surface area contributed by atoms with Crippen LogP contribution in [0.1, 0.15) is 54.2 Å². The molecule has 0 aliphatic carbocycles. The van der Waals surface area contributed by atoms with Gasteiger partial charge in [0.05, 0.1) is 11.7 Å². The normalized spacial score (nSPS) is 16.2. The molecule has 1 unspecified atom stereocenters. The summed E-state index contributed by atoms with van der Waals surface area (Å²) in [7, 11) is 3.95. The molecule has 31 heavy (non-hydrogen) atoms. The highest BCUT2D eigenvalue weighted by Gasteiger charge is 2.23. The van der Waals surface area contributed by atoms with Crippen molar-refractivity contribution >= 4 is 11.5 Å². The maximum Gasteiger partial charge on any atom is 0.157 e. The Kier molecular flexibility index (Phi) is 6.53. The molecule has 3 aromatic rings. The Morgan fingerprint density at radius 3 is 2.68 bits per heavy atom. The average Bonchev–Trinajstić information content (AvgIpc) is 3.19. The van der Waals surface area contributed by atoms with Crippen LogP contribution in [0.25, 0.3) is 5.65 Å². The van der Waals surface area contributed by atoms with Crippen LogP contribution < -0.4 is 5.32 Å². The van der Waals surface area contributed by atoms with Gasteiger partial charge in [0.15, 0.2) is 5.65 Å². The van der Waals surface area contributed by atoms with Crippen molar-refractivity contribution in [1.29, 1.82) is 0 Å². The lowest BCUT2D eigenvalue weighted by atomic mass is 9.97. The highest BCUT2D eigenvalue weighted by Crippen LogP contribution is 2.30. The Morgan fingerprint density at radius 1 is 1.26 bits per heavy atom. The van der Waals surface area contributed by atoms with Gasteiger partial charge in [-0.3, -0.25) is 0 Å². The van der Waals surface area contributed by atoms with Crippen molar-refractivity contribution in [2.75, 3.05) is 39.2 Å². The van der Waals surface area contributed by atoms with E-state index in [9.17, 15) is 4.39 Å². The van der Waals surface area contributed by atoms with Gasteiger partial charge in [-0.05, 0) is 46.3 Å². The summed E-state index contributed by atoms with van der Waals surface area (Å²) in [5, 5.41) is 8.55. The van der Waals surface area contributed by atoms with E-state index in [1.54, 1.807) is 6.07 Å². The Morgan fingerprint density at radius 2 is 2.00 bits per heavy atom. The zero-order valence-electron chi connectivity index (χ0n) is 18.9. The van der Waals surface area contributed by atoms with Gasteiger partial charge in [0.25, 0.3) is 0 Å². The van der Waals surface area contributed by atoms with Crippen LogP contribution in [-0.2, 0) is 11.2 Å². The summed E-state index contributed by atoms with van der Waals surface area (Å²) in [6, 6.07) is 8.98. The van der Waals surface area contributed by atoms with E-state index in [-0.39, 0.29) is 11.9 Å². The van der Waals surface area contributed by atoms with Gasteiger partial charge in [-0.2, -0.15) is 9.61 Å². The van der Waals surface area contributed by atoms with Crippen LogP contribution in [0, 0.1) is 12.7 Å². The van der Waals surface area contributed by atoms with Gasteiger partial charge in [-0.15, -0.1) is 0 Å². The van der Waals surface area contributed by atoms with Crippen molar-refractivity contribution in [2.24, 2.45) is 0 Å². The lowest BCUT2D eigenvalue weighted by Gasteiger charge is -2.26. The molecule has 1 aromatic carbocycles. The second-order valence-corrected chi connectivity index (χ2v) is 8.49. The number of aryl methyl sites for hydroxylation is 1. The molecule has 0 spiro atoms. The molecule has 1 aliphatic heterocycles. The Balaban J connectivity index is 1.69. The largest absolute Gasteiger partial charge is 0.381 e. The first kappa shape index (κ1) is 21.7. The Bertz CT molecular complexity index is 1040. The Labute approximate surface area is 183 Å². The number of benzene rings is 1. The second kappa shape index (κ2) is 9.32. The highest BCUT2D eigenvalue weighted by atomic mass is 19.1. The van der Waals surface area contributed by atoms with E-state index in [4.69, 9.17) is 14.8 Å². The molecule has 1 aliphatic rings. The summed E-state index contributed by atoms with van der Waals surface area (Å²) in [6.07, 6.45) is 2.82. The standard InChI is InChI=1S/C24H32FN5O/c1-5-18-16(2)27-23-14-21(17-10-12-31-13-11-17)28-30(23)24(18)26-15-22(29(3)4)19-8-6-7-9-20(19)25/h6-9,14,17,22,26H,5,10-13,15H2,1-4H3. The topological polar surface area (TPSA) is 54.7 Å². The third-order valence-corrected chi connectivity index (χ3v) is 6.27. The number of halogens is 1. The zero-order chi connectivity index (χ0) is 22.0. The number of rotatable bonds is 7. The number of nitrogens with one attached hydrogen (secondary N) is 1. The minimum absolute atomic E-state index is 0.111. The summed E-state index contributed by atoms with van der Waals surface area (Å²) in [4.78, 5) is 6.86. The number of anilines is 1. The molecule has 3 heterocycles. The fourth-order valence-electron chi connectivity index (χ4n) is 4.48. The lowest BCUT2D eigenvalue weighted by Crippen LogP contribution is -2.28. The molecule has 4 rings (SSSR count). The van der Waals surface area contributed by atoms with Crippen molar-refractivity contribution in [1.82, 2.24) is 19.5 Å². The Hall–Kier alpha value is -2.51. The first-order valence-corrected chi connectivity index (χ1v) is 11.1. The van der Waals surface area contributed by atoms with Crippen LogP contribution in [0.2, 0.25) is 0 Å². The maximum atomic E-state index is 14.5. The maximum absolute atomic E-state index is 14.5. The number of hydrogen-bond donors (Lipinski definition) is 1. The van der Waals surface area contributed by atoms with Crippen LogP contribution in [0.5, 0.6) is 0 Å². The van der Waals surface area contributed by atoms with Crippen molar-refractivity contribution in [3.63, 3.8) is 0 Å². The van der Waals surface area contributed by atoms with E-state index in [0.717, 1.165) is 60.9 Å². The first-order chi connectivity index (χ1) is 15.0. The zero-order valence-corrected chi connectivity index (χ0v) is 18.9. The molecule has 166 valence electrons. The van der Waals surface area contributed by atoms with Crippen molar-refractivity contribution in [3.8, 4) is 0 Å². The number of hydrogen-bond acceptors (Lipinski definition) is 5. The molecule has 6 nitrogen and oxygen atoms in total. The molecule has 0 radical (unpaired) electrons. The smallest absolute Gasteiger partial charge is 0.157 e. The lowest BCUT2D eigenvalue weighted by molar-refractivity contribution is 0.0844. The minimum atomic E-state index is -0.185. The van der Waals surface area contributed by atoms with E-state index in [0.29, 0.717) is 18.0 Å². The van der Waals surface area contributed by atoms with Gasteiger partial charge >= 0.3 is 0 Å². The molecule has 0 bridgehead atoms. The van der Waals surface area contributed by atoms with Gasteiger partial charge in [0.1, 0.15) is 11.6 Å². The summed E-state index contributed by atoms with van der Waals surface area (Å²) in [5.74, 6) is 1.17. The number of nitrogens with zero attached hydrogens (tertiary/aromatic N) is 4. The van der Waals surface area contributed by atoms with E-state index in [1.165, 1.54) is 6.07 Å². The first-order valence-electron chi connectivity index (χ1n) is 11.1. The summed E-state index contributed by atoms with van der Waals surface area (Å²) in [5.41, 5.74) is 4.75. The van der Waals surface area contributed by atoms with Crippen LogP contribution in [0.15, 0.2) is 30.3 Å². The van der Waals surface area contributed by atoms with Crippen LogP contribution in [0.4, 0.5) is 10.2 Å². The number of fused-ring (bicyclic) bond motifs is 1. The molecule has 0 saturated carbocycles. The number of aromatic nitrogens is 3. The van der Waals surface area contributed by atoms with Crippen LogP contribution in [-0.4, -0.2) is 53.4 Å². The molecular weight excluding hydrogens is 393 g/mol. The summed E-state index contributed by atoms with van der Waals surface area (Å²) in [6.45, 7) is 6.30. The number of likely N-dealkylation sites (N-methyl/N-ethyl adjacent to an activating group) is 1. The van der Waals surface area contributed by atoms with E-state index in [2.05, 4.69) is 18.3 Å². The quantitative estimate of drug-likeness (QED) is 0.610. The van der Waals surface area contributed by atoms with Gasteiger partial charge in [-0.1, -0.05) is 25.1 Å². The highest BCUT2D eigenvalue weighted by molar-refractivity contribution is 5.56. The molecule has 1 atom stereocenters. The predicted octanol–water partition coefficient (Wildman–Crippen LogP) is 4.35. The fourth-order valence-corrected chi connectivity index (χ4v) is 4.48. The van der Waals surface area contributed by atoms with Gasteiger partial charge in [0.2, 0.25) is 0 Å². The molecule has 2 aromatic heterocycles. The minimum Gasteiger partial charge on any atom is -0.381 e. The van der Waals surface area contributed by atoms with Crippen molar-refractivity contribution in [3.05, 3.63) is 58.7 Å². The van der Waals surface area contributed by atoms with E-state index < -0.39 is 0 Å². The van der Waals surface area contributed by atoms with Crippen molar-refractivity contribution in [2.45, 2.75) is 45.1 Å². The van der Waals surface area contributed by atoms with Gasteiger partial charge in [-0.25, -0.2) is 9.37 Å². The fraction of sp³-hybridized carbons (Fsp3) is 0.500. The third kappa shape index (κ3) is 4.43. The molecule has 1 saturated heterocycles. The second-order valence-electron chi connectivity index (χ2n) is 8.49. The predicted molar refractivity (Wildman–Crippen MR) is 121 cm³/mol. The van der Waals surface area contributed by atoms with Gasteiger partial charge in [0, 0.05) is 48.6 Å². The SMILES string of the molecule is CCc1c(C)nc2cc(C3CCOCC3)nn2c1NCC(c1ccccc1F)N(C)C. The molecule has 1 fully saturated rings. The average molecular weight is 426 g/mol. The monoisotopic (exact) mass is 425 g/mol. The van der Waals surface area contributed by atoms with Crippen LogP contribution in [0.3, 0.4) is 0 Å². The molecule has 0 amide bonds. The summed E-state index contributed by atoms with van der Waals surface area (Å²) >= 11 is 0. The van der Waals surface area contributed by atoms with Crippen LogP contribution >= 0.6 is 0 Å². The van der Waals surface area contributed by atoms with E-state index >= 15 is 0 Å². The third-order valence-electron chi connectivity index (χ3n) is 6.27. The summed E-state index contributed by atoms with van der Waals surface area (Å²) < 4.78 is 22.0. The van der Waals surface area contributed by atoms with Gasteiger partial charge < -0.3 is 15.0 Å². The molecular formula is C24H32FN5O.